The highest BCUT2D eigenvalue weighted by atomic mass is 16.5. The smallest absolute Gasteiger partial charge is 0.315 e. The third-order valence-corrected chi connectivity index (χ3v) is 3.57. The zero-order chi connectivity index (χ0) is 15.1. The Balaban J connectivity index is 1.73. The number of nitrogens with zero attached hydrogens (tertiary/aromatic N) is 2. The highest BCUT2D eigenvalue weighted by Gasteiger charge is 2.24. The molecule has 1 heterocycles. The van der Waals surface area contributed by atoms with Crippen LogP contribution in [-0.4, -0.2) is 29.9 Å². The van der Waals surface area contributed by atoms with Gasteiger partial charge in [-0.3, -0.25) is 9.59 Å². The molecule has 0 bridgehead atoms. The first-order chi connectivity index (χ1) is 10.2. The molecule has 1 amide bonds. The van der Waals surface area contributed by atoms with Crippen molar-refractivity contribution in [1.82, 2.24) is 4.90 Å². The fourth-order valence-electron chi connectivity index (χ4n) is 2.28. The molecule has 1 fully saturated rings. The molecule has 0 radical (unpaired) electrons. The third kappa shape index (κ3) is 4.60. The van der Waals surface area contributed by atoms with Gasteiger partial charge in [0.1, 0.15) is 13.0 Å². The Morgan fingerprint density at radius 2 is 1.90 bits per heavy atom. The molecule has 5 heteroatoms. The average molecular weight is 286 g/mol. The van der Waals surface area contributed by atoms with Crippen LogP contribution in [-0.2, 0) is 20.9 Å². The van der Waals surface area contributed by atoms with Crippen molar-refractivity contribution in [2.24, 2.45) is 5.92 Å². The van der Waals surface area contributed by atoms with Crippen molar-refractivity contribution in [3.8, 4) is 6.07 Å². The molecule has 0 aliphatic carbocycles. The van der Waals surface area contributed by atoms with Crippen molar-refractivity contribution in [2.45, 2.75) is 25.9 Å². The van der Waals surface area contributed by atoms with Crippen LogP contribution in [0.15, 0.2) is 30.3 Å². The van der Waals surface area contributed by atoms with Crippen molar-refractivity contribution in [1.29, 1.82) is 5.26 Å². The highest BCUT2D eigenvalue weighted by Crippen LogP contribution is 2.16. The van der Waals surface area contributed by atoms with E-state index >= 15 is 0 Å². The molecule has 0 spiro atoms. The van der Waals surface area contributed by atoms with Gasteiger partial charge in [-0.1, -0.05) is 30.3 Å². The normalized spacial score (nSPS) is 15.3. The van der Waals surface area contributed by atoms with E-state index in [-0.39, 0.29) is 24.9 Å². The zero-order valence-corrected chi connectivity index (χ0v) is 11.8. The number of esters is 1. The van der Waals surface area contributed by atoms with Gasteiger partial charge >= 0.3 is 5.97 Å². The quantitative estimate of drug-likeness (QED) is 0.626. The van der Waals surface area contributed by atoms with E-state index in [1.54, 1.807) is 4.90 Å². The molecule has 1 aromatic rings. The van der Waals surface area contributed by atoms with E-state index in [2.05, 4.69) is 6.07 Å². The lowest BCUT2D eigenvalue weighted by atomic mass is 9.98. The highest BCUT2D eigenvalue weighted by molar-refractivity contribution is 5.94. The van der Waals surface area contributed by atoms with Gasteiger partial charge < -0.3 is 9.64 Å². The van der Waals surface area contributed by atoms with Crippen molar-refractivity contribution in [3.63, 3.8) is 0 Å². The molecule has 5 nitrogen and oxygen atoms in total. The largest absolute Gasteiger partial charge is 0.460 e. The van der Waals surface area contributed by atoms with Crippen LogP contribution in [0.25, 0.3) is 0 Å². The Morgan fingerprint density at radius 1 is 1.24 bits per heavy atom. The summed E-state index contributed by atoms with van der Waals surface area (Å²) in [6.45, 7) is 1.27. The predicted octanol–water partition coefficient (Wildman–Crippen LogP) is 1.88. The van der Waals surface area contributed by atoms with Gasteiger partial charge in [-0.25, -0.2) is 0 Å². The van der Waals surface area contributed by atoms with Gasteiger partial charge in [0.15, 0.2) is 0 Å². The van der Waals surface area contributed by atoms with Crippen LogP contribution < -0.4 is 0 Å². The lowest BCUT2D eigenvalue weighted by molar-refractivity contribution is -0.150. The summed E-state index contributed by atoms with van der Waals surface area (Å²) in [7, 11) is 0. The van der Waals surface area contributed by atoms with Crippen LogP contribution in [0, 0.1) is 17.2 Å². The van der Waals surface area contributed by atoms with Gasteiger partial charge in [-0.15, -0.1) is 0 Å². The first-order valence-electron chi connectivity index (χ1n) is 7.06. The molecule has 1 aromatic carbocycles. The summed E-state index contributed by atoms with van der Waals surface area (Å²) < 4.78 is 5.09. The lowest BCUT2D eigenvalue weighted by Crippen LogP contribution is -2.39. The van der Waals surface area contributed by atoms with Crippen LogP contribution in [0.1, 0.15) is 24.8 Å². The molecule has 0 aromatic heterocycles. The Hall–Kier alpha value is -2.35. The maximum atomic E-state index is 12.0. The molecule has 1 saturated heterocycles. The second kappa shape index (κ2) is 7.44. The molecule has 21 heavy (non-hydrogen) atoms. The maximum Gasteiger partial charge on any atom is 0.315 e. The minimum absolute atomic E-state index is 0.0269. The van der Waals surface area contributed by atoms with Gasteiger partial charge in [0.05, 0.1) is 6.07 Å². The van der Waals surface area contributed by atoms with Crippen LogP contribution >= 0.6 is 0 Å². The molecule has 110 valence electrons. The predicted molar refractivity (Wildman–Crippen MR) is 75.8 cm³/mol. The number of likely N-dealkylation sites (tertiary alicyclic amines) is 1. The molecule has 0 N–H and O–H groups in total. The molecule has 0 saturated carbocycles. The maximum absolute atomic E-state index is 12.0. The van der Waals surface area contributed by atoms with E-state index in [0.29, 0.717) is 25.9 Å². The molecule has 0 unspecified atom stereocenters. The molecular weight excluding hydrogens is 268 g/mol. The van der Waals surface area contributed by atoms with Crippen LogP contribution in [0.5, 0.6) is 0 Å². The summed E-state index contributed by atoms with van der Waals surface area (Å²) in [5.41, 5.74) is 0.896. The number of benzene rings is 1. The van der Waals surface area contributed by atoms with Gasteiger partial charge in [-0.2, -0.15) is 5.26 Å². The molecule has 2 rings (SSSR count). The first-order valence-corrected chi connectivity index (χ1v) is 7.06. The number of hydrogen-bond donors (Lipinski definition) is 0. The van der Waals surface area contributed by atoms with Crippen LogP contribution in [0.4, 0.5) is 0 Å². The fourth-order valence-corrected chi connectivity index (χ4v) is 2.28. The second-order valence-electron chi connectivity index (χ2n) is 5.11. The van der Waals surface area contributed by atoms with Crippen molar-refractivity contribution >= 4 is 11.9 Å². The number of piperidine rings is 1. The number of hydrogen-bond acceptors (Lipinski definition) is 4. The van der Waals surface area contributed by atoms with Crippen molar-refractivity contribution in [3.05, 3.63) is 35.9 Å². The SMILES string of the molecule is N#CC1CCN(C(=O)CC(=O)OCc2ccccc2)CC1. The number of nitriles is 1. The third-order valence-electron chi connectivity index (χ3n) is 3.57. The Morgan fingerprint density at radius 3 is 2.52 bits per heavy atom. The zero-order valence-electron chi connectivity index (χ0n) is 11.8. The molecule has 1 aliphatic heterocycles. The number of carbonyl (C=O) groups excluding carboxylic acids is 2. The van der Waals surface area contributed by atoms with Gasteiger partial charge in [0.2, 0.25) is 5.91 Å². The Bertz CT molecular complexity index is 528. The summed E-state index contributed by atoms with van der Waals surface area (Å²) >= 11 is 0. The van der Waals surface area contributed by atoms with E-state index in [4.69, 9.17) is 10.00 Å². The van der Waals surface area contributed by atoms with Crippen molar-refractivity contribution in [2.75, 3.05) is 13.1 Å². The van der Waals surface area contributed by atoms with E-state index in [0.717, 1.165) is 5.56 Å². The van der Waals surface area contributed by atoms with Crippen molar-refractivity contribution < 1.29 is 14.3 Å². The monoisotopic (exact) mass is 286 g/mol. The van der Waals surface area contributed by atoms with Crippen LogP contribution in [0.3, 0.4) is 0 Å². The van der Waals surface area contributed by atoms with Gasteiger partial charge in [0.25, 0.3) is 0 Å². The summed E-state index contributed by atoms with van der Waals surface area (Å²) in [4.78, 5) is 25.3. The lowest BCUT2D eigenvalue weighted by Gasteiger charge is -2.28. The minimum atomic E-state index is -0.508. The number of carbonyl (C=O) groups is 2. The fraction of sp³-hybridized carbons (Fsp3) is 0.438. The average Bonchev–Trinajstić information content (AvgIpc) is 2.54. The number of amides is 1. The Labute approximate surface area is 124 Å². The van der Waals surface area contributed by atoms with Crippen LogP contribution in [0.2, 0.25) is 0 Å². The number of ether oxygens (including phenoxy) is 1. The van der Waals surface area contributed by atoms with Gasteiger partial charge in [-0.05, 0) is 18.4 Å². The second-order valence-corrected chi connectivity index (χ2v) is 5.11. The van der Waals surface area contributed by atoms with E-state index in [1.165, 1.54) is 0 Å². The topological polar surface area (TPSA) is 70.4 Å². The van der Waals surface area contributed by atoms with Gasteiger partial charge in [0, 0.05) is 19.0 Å². The molecular formula is C16H18N2O3. The molecule has 1 aliphatic rings. The standard InChI is InChI=1S/C16H18N2O3/c17-11-13-6-8-18(9-7-13)15(19)10-16(20)21-12-14-4-2-1-3-5-14/h1-5,13H,6-10,12H2. The Kier molecular flexibility index (Phi) is 5.33. The van der Waals surface area contributed by atoms with E-state index < -0.39 is 5.97 Å². The number of rotatable bonds is 4. The first kappa shape index (κ1) is 15.0. The summed E-state index contributed by atoms with van der Waals surface area (Å²) in [5.74, 6) is -0.699. The van der Waals surface area contributed by atoms with E-state index in [9.17, 15) is 9.59 Å². The minimum Gasteiger partial charge on any atom is -0.460 e. The van der Waals surface area contributed by atoms with E-state index in [1.807, 2.05) is 30.3 Å². The summed E-state index contributed by atoms with van der Waals surface area (Å²) in [6.07, 6.45) is 1.13. The summed E-state index contributed by atoms with van der Waals surface area (Å²) in [6, 6.07) is 11.6. The summed E-state index contributed by atoms with van der Waals surface area (Å²) in [5, 5.41) is 8.81. The molecule has 0 atom stereocenters.